The minimum atomic E-state index is 0.444. The summed E-state index contributed by atoms with van der Waals surface area (Å²) >= 11 is 0. The molecule has 0 amide bonds. The first kappa shape index (κ1) is 6.88. The molecule has 1 N–H and O–H groups in total. The van der Waals surface area contributed by atoms with Crippen molar-refractivity contribution >= 4 is 0 Å². The second kappa shape index (κ2) is 1.78. The van der Waals surface area contributed by atoms with Crippen LogP contribution in [0, 0.1) is 0 Å². The van der Waals surface area contributed by atoms with Gasteiger partial charge in [-0.1, -0.05) is 0 Å². The Labute approximate surface area is 44.3 Å². The highest BCUT2D eigenvalue weighted by Gasteiger charge is 2.10. The Morgan fingerprint density at radius 1 is 1.29 bits per heavy atom. The van der Waals surface area contributed by atoms with E-state index in [1.54, 1.807) is 7.05 Å². The Morgan fingerprint density at radius 3 is 1.43 bits per heavy atom. The molecule has 0 aliphatic rings. The number of quaternary nitrogens is 1. The summed E-state index contributed by atoms with van der Waals surface area (Å²) in [6.45, 7) is 0. The molecule has 0 fully saturated rings. The minimum absolute atomic E-state index is 0.444. The molecular weight excluding hydrogens is 92.1 g/mol. The maximum absolute atomic E-state index is 8.69. The van der Waals surface area contributed by atoms with Gasteiger partial charge in [0.15, 0.2) is 0 Å². The van der Waals surface area contributed by atoms with Gasteiger partial charge in [0.05, 0.1) is 28.2 Å². The number of hydroxylamine groups is 1. The molecular formula is C4H13N2O+. The first-order valence-electron chi connectivity index (χ1n) is 2.19. The van der Waals surface area contributed by atoms with Crippen molar-refractivity contribution in [2.75, 3.05) is 28.2 Å². The molecule has 0 heterocycles. The van der Waals surface area contributed by atoms with Gasteiger partial charge in [0.2, 0.25) is 0 Å². The summed E-state index contributed by atoms with van der Waals surface area (Å²) in [5, 5.41) is 9.82. The van der Waals surface area contributed by atoms with Gasteiger partial charge in [0.1, 0.15) is 0 Å². The fourth-order valence-corrected chi connectivity index (χ4v) is 0. The molecule has 0 aromatic carbocycles. The molecule has 0 spiro atoms. The zero-order valence-corrected chi connectivity index (χ0v) is 5.34. The van der Waals surface area contributed by atoms with Crippen LogP contribution in [-0.4, -0.2) is 43.2 Å². The van der Waals surface area contributed by atoms with Crippen molar-refractivity contribution in [1.29, 1.82) is 0 Å². The molecule has 3 heteroatoms. The number of nitrogens with zero attached hydrogens (tertiary/aromatic N) is 2. The maximum atomic E-state index is 8.69. The Kier molecular flexibility index (Phi) is 1.75. The molecule has 0 unspecified atom stereocenters. The molecule has 0 aromatic heterocycles. The minimum Gasteiger partial charge on any atom is -0.269 e. The largest absolute Gasteiger partial charge is 0.269 e. The van der Waals surface area contributed by atoms with Crippen LogP contribution in [0.15, 0.2) is 0 Å². The van der Waals surface area contributed by atoms with Crippen molar-refractivity contribution in [3.05, 3.63) is 0 Å². The van der Waals surface area contributed by atoms with Gasteiger partial charge in [-0.2, -0.15) is 0 Å². The Balaban J connectivity index is 3.54. The van der Waals surface area contributed by atoms with Gasteiger partial charge in [-0.3, -0.25) is 5.21 Å². The van der Waals surface area contributed by atoms with Gasteiger partial charge in [0, 0.05) is 0 Å². The van der Waals surface area contributed by atoms with Crippen LogP contribution in [0.4, 0.5) is 0 Å². The van der Waals surface area contributed by atoms with Crippen LogP contribution in [0.2, 0.25) is 0 Å². The number of hydrogen-bond acceptors (Lipinski definition) is 2. The Hall–Kier alpha value is -0.120. The lowest BCUT2D eigenvalue weighted by molar-refractivity contribution is -1.02. The lowest BCUT2D eigenvalue weighted by Gasteiger charge is -2.27. The molecule has 0 rings (SSSR count). The highest BCUT2D eigenvalue weighted by Crippen LogP contribution is 1.89. The first-order valence-corrected chi connectivity index (χ1v) is 2.19. The quantitative estimate of drug-likeness (QED) is 0.372. The molecule has 44 valence electrons. The van der Waals surface area contributed by atoms with Gasteiger partial charge in [-0.15, -0.1) is 0 Å². The van der Waals surface area contributed by atoms with E-state index in [2.05, 4.69) is 0 Å². The normalized spacial score (nSPS) is 12.9. The van der Waals surface area contributed by atoms with E-state index in [1.165, 1.54) is 0 Å². The average Bonchev–Trinajstić information content (AvgIpc) is 1.31. The third-order valence-electron chi connectivity index (χ3n) is 0.868. The van der Waals surface area contributed by atoms with Crippen molar-refractivity contribution in [3.63, 3.8) is 0 Å². The summed E-state index contributed by atoms with van der Waals surface area (Å²) in [7, 11) is 7.24. The van der Waals surface area contributed by atoms with Crippen LogP contribution < -0.4 is 0 Å². The number of hydrogen-bond donors (Lipinski definition) is 1. The van der Waals surface area contributed by atoms with E-state index in [0.717, 1.165) is 5.17 Å². The lowest BCUT2D eigenvalue weighted by Crippen LogP contribution is -2.47. The van der Waals surface area contributed by atoms with E-state index in [-0.39, 0.29) is 0 Å². The smallest absolute Gasteiger partial charge is 0.0875 e. The third-order valence-corrected chi connectivity index (χ3v) is 0.868. The highest BCUT2D eigenvalue weighted by atomic mass is 16.6. The van der Waals surface area contributed by atoms with Gasteiger partial charge < -0.3 is 0 Å². The molecule has 0 aliphatic heterocycles. The van der Waals surface area contributed by atoms with Crippen LogP contribution in [-0.2, 0) is 0 Å². The number of rotatable bonds is 1. The van der Waals surface area contributed by atoms with Gasteiger partial charge in [-0.25, -0.2) is 4.59 Å². The van der Waals surface area contributed by atoms with Crippen LogP contribution in [0.25, 0.3) is 0 Å². The molecule has 0 atom stereocenters. The second-order valence-electron chi connectivity index (χ2n) is 2.43. The Bertz CT molecular complexity index is 55.2. The molecule has 0 bridgehead atoms. The first-order chi connectivity index (χ1) is 2.94. The van der Waals surface area contributed by atoms with E-state index in [4.69, 9.17) is 5.21 Å². The average molecular weight is 105 g/mol. The Morgan fingerprint density at radius 2 is 1.43 bits per heavy atom. The van der Waals surface area contributed by atoms with Crippen molar-refractivity contribution in [1.82, 2.24) is 5.17 Å². The molecule has 0 aromatic rings. The third kappa shape index (κ3) is 2.56. The van der Waals surface area contributed by atoms with Crippen LogP contribution in [0.5, 0.6) is 0 Å². The van der Waals surface area contributed by atoms with Gasteiger partial charge >= 0.3 is 0 Å². The fourth-order valence-electron chi connectivity index (χ4n) is 0. The molecule has 7 heavy (non-hydrogen) atoms. The van der Waals surface area contributed by atoms with E-state index >= 15 is 0 Å². The van der Waals surface area contributed by atoms with E-state index in [1.807, 2.05) is 21.1 Å². The summed E-state index contributed by atoms with van der Waals surface area (Å²) in [5.74, 6) is 0. The zero-order chi connectivity index (χ0) is 6.08. The molecule has 0 radical (unpaired) electrons. The van der Waals surface area contributed by atoms with Crippen LogP contribution in [0.1, 0.15) is 0 Å². The van der Waals surface area contributed by atoms with Crippen LogP contribution >= 0.6 is 0 Å². The molecule has 0 saturated heterocycles. The fraction of sp³-hybridized carbons (Fsp3) is 1.00. The topological polar surface area (TPSA) is 23.5 Å². The van der Waals surface area contributed by atoms with E-state index < -0.39 is 0 Å². The maximum Gasteiger partial charge on any atom is 0.0875 e. The highest BCUT2D eigenvalue weighted by molar-refractivity contribution is 3.93. The van der Waals surface area contributed by atoms with Crippen molar-refractivity contribution in [2.45, 2.75) is 0 Å². The lowest BCUT2D eigenvalue weighted by atomic mass is 10.9. The van der Waals surface area contributed by atoms with Gasteiger partial charge in [-0.05, 0) is 5.17 Å². The summed E-state index contributed by atoms with van der Waals surface area (Å²) in [6.07, 6.45) is 0. The van der Waals surface area contributed by atoms with E-state index in [0.29, 0.717) is 4.59 Å². The summed E-state index contributed by atoms with van der Waals surface area (Å²) in [5.41, 5.74) is 0. The summed E-state index contributed by atoms with van der Waals surface area (Å²) in [6, 6.07) is 0. The predicted octanol–water partition coefficient (Wildman–Crippen LogP) is -0.0714. The summed E-state index contributed by atoms with van der Waals surface area (Å²) in [4.78, 5) is 0. The molecule has 3 nitrogen and oxygen atoms in total. The molecule has 0 aliphatic carbocycles. The standard InChI is InChI=1S/C4H13N2O/c1-5(7)6(2,3)4/h7H,1-4H3/q+1. The second-order valence-corrected chi connectivity index (χ2v) is 2.43. The van der Waals surface area contributed by atoms with Crippen molar-refractivity contribution in [2.24, 2.45) is 0 Å². The summed E-state index contributed by atoms with van der Waals surface area (Å²) < 4.78 is 0.444. The SMILES string of the molecule is CN(O)[N+](C)(C)C. The van der Waals surface area contributed by atoms with E-state index in [9.17, 15) is 0 Å². The monoisotopic (exact) mass is 105 g/mol. The van der Waals surface area contributed by atoms with Gasteiger partial charge in [0.25, 0.3) is 0 Å². The predicted molar refractivity (Wildman–Crippen MR) is 27.6 cm³/mol. The zero-order valence-electron chi connectivity index (χ0n) is 5.34. The molecule has 0 saturated carbocycles. The van der Waals surface area contributed by atoms with Crippen molar-refractivity contribution < 1.29 is 9.80 Å². The van der Waals surface area contributed by atoms with Crippen molar-refractivity contribution in [3.8, 4) is 0 Å². The van der Waals surface area contributed by atoms with Crippen LogP contribution in [0.3, 0.4) is 0 Å².